The predicted molar refractivity (Wildman–Crippen MR) is 124 cm³/mol. The van der Waals surface area contributed by atoms with Crippen LogP contribution >= 0.6 is 12.2 Å². The Kier molecular flexibility index (Phi) is 9.64. The summed E-state index contributed by atoms with van der Waals surface area (Å²) in [7, 11) is -3.12. The Morgan fingerprint density at radius 2 is 1.66 bits per heavy atom. The number of benzene rings is 1. The van der Waals surface area contributed by atoms with Crippen LogP contribution in [0.15, 0.2) is 35.2 Å². The molecule has 1 aromatic carbocycles. The Balaban J connectivity index is 3.31. The molecular formula is C21H31N3O6S2. The molecule has 178 valence electrons. The van der Waals surface area contributed by atoms with E-state index in [0.29, 0.717) is 0 Å². The molecule has 9 nitrogen and oxygen atoms in total. The Morgan fingerprint density at radius 1 is 1.12 bits per heavy atom. The minimum absolute atomic E-state index is 0.104. The van der Waals surface area contributed by atoms with Crippen LogP contribution in [0, 0.1) is 11.8 Å². The average molecular weight is 486 g/mol. The van der Waals surface area contributed by atoms with Gasteiger partial charge in [0.05, 0.1) is 28.5 Å². The normalized spacial score (nSPS) is 14.9. The number of methoxy groups -OCH3 is 1. The maximum Gasteiger partial charge on any atom is 0.324 e. The van der Waals surface area contributed by atoms with Gasteiger partial charge in [-0.1, -0.05) is 44.3 Å². The highest BCUT2D eigenvalue weighted by atomic mass is 32.2. The second-order valence-corrected chi connectivity index (χ2v) is 10.4. The zero-order chi connectivity index (χ0) is 24.9. The first kappa shape index (κ1) is 27.8. The third-order valence-corrected chi connectivity index (χ3v) is 6.70. The SMILES string of the molecule is COC(=O)C(N)C(NS(=O)(=O)c1ccccc1)C(=O)C(C)(C)NC(=S)[C@H](C(C)=O)C(C)C. The molecule has 0 aromatic heterocycles. The van der Waals surface area contributed by atoms with E-state index in [0.717, 1.165) is 7.11 Å². The van der Waals surface area contributed by atoms with Gasteiger partial charge < -0.3 is 15.8 Å². The Labute approximate surface area is 194 Å². The lowest BCUT2D eigenvalue weighted by molar-refractivity contribution is -0.145. The van der Waals surface area contributed by atoms with Crippen molar-refractivity contribution in [2.45, 2.75) is 57.1 Å². The topological polar surface area (TPSA) is 145 Å². The van der Waals surface area contributed by atoms with Gasteiger partial charge in [0.2, 0.25) is 10.0 Å². The van der Waals surface area contributed by atoms with Crippen LogP contribution < -0.4 is 15.8 Å². The predicted octanol–water partition coefficient (Wildman–Crippen LogP) is 0.960. The third-order valence-electron chi connectivity index (χ3n) is 4.89. The van der Waals surface area contributed by atoms with Crippen molar-refractivity contribution in [3.8, 4) is 0 Å². The first-order chi connectivity index (χ1) is 14.7. The highest BCUT2D eigenvalue weighted by Gasteiger charge is 2.43. The fourth-order valence-electron chi connectivity index (χ4n) is 3.19. The summed E-state index contributed by atoms with van der Waals surface area (Å²) in [6.07, 6.45) is 0. The highest BCUT2D eigenvalue weighted by Crippen LogP contribution is 2.19. The number of rotatable bonds is 11. The molecule has 0 bridgehead atoms. The first-order valence-corrected chi connectivity index (χ1v) is 11.8. The fraction of sp³-hybridized carbons (Fsp3) is 0.524. The highest BCUT2D eigenvalue weighted by molar-refractivity contribution is 7.89. The van der Waals surface area contributed by atoms with E-state index in [2.05, 4.69) is 14.8 Å². The summed E-state index contributed by atoms with van der Waals surface area (Å²) >= 11 is 5.36. The maximum atomic E-state index is 13.4. The van der Waals surface area contributed by atoms with Crippen molar-refractivity contribution >= 4 is 44.8 Å². The zero-order valence-corrected chi connectivity index (χ0v) is 20.7. The van der Waals surface area contributed by atoms with E-state index in [1.807, 2.05) is 13.8 Å². The van der Waals surface area contributed by atoms with Gasteiger partial charge in [-0.15, -0.1) is 0 Å². The second-order valence-electron chi connectivity index (χ2n) is 8.27. The molecule has 1 rings (SSSR count). The molecule has 3 atom stereocenters. The van der Waals surface area contributed by atoms with Crippen LogP contribution in [0.3, 0.4) is 0 Å². The van der Waals surface area contributed by atoms with Gasteiger partial charge in [-0.2, -0.15) is 4.72 Å². The number of carbonyl (C=O) groups is 3. The molecule has 0 aliphatic rings. The Bertz CT molecular complexity index is 961. The molecule has 0 spiro atoms. The van der Waals surface area contributed by atoms with E-state index in [9.17, 15) is 22.8 Å². The molecule has 0 aliphatic heterocycles. The van der Waals surface area contributed by atoms with Gasteiger partial charge in [0.15, 0.2) is 5.78 Å². The number of thiocarbonyl (C=S) groups is 1. The standard InChI is InChI=1S/C21H31N3O6S2/c1-12(2)15(13(3)25)19(31)23-21(4,5)18(26)17(16(22)20(27)30-6)24-32(28,29)14-10-8-7-9-11-14/h7-12,15-17,24H,22H2,1-6H3,(H,23,31)/t15-,16?,17?/m0/s1. The maximum absolute atomic E-state index is 13.4. The fourth-order valence-corrected chi connectivity index (χ4v) is 5.12. The number of hydrogen-bond acceptors (Lipinski definition) is 8. The van der Waals surface area contributed by atoms with Crippen LogP contribution in [0.2, 0.25) is 0 Å². The first-order valence-electron chi connectivity index (χ1n) is 9.93. The van der Waals surface area contributed by atoms with Crippen LogP contribution in [0.4, 0.5) is 0 Å². The molecule has 0 aliphatic carbocycles. The molecular weight excluding hydrogens is 454 g/mol. The summed E-state index contributed by atoms with van der Waals surface area (Å²) < 4.78 is 32.5. The van der Waals surface area contributed by atoms with Gasteiger partial charge >= 0.3 is 5.97 Å². The molecule has 4 N–H and O–H groups in total. The van der Waals surface area contributed by atoms with Gasteiger partial charge in [0, 0.05) is 0 Å². The molecule has 0 saturated heterocycles. The lowest BCUT2D eigenvalue weighted by Gasteiger charge is -2.34. The molecule has 1 aromatic rings. The Morgan fingerprint density at radius 3 is 2.09 bits per heavy atom. The lowest BCUT2D eigenvalue weighted by atomic mass is 9.87. The summed E-state index contributed by atoms with van der Waals surface area (Å²) in [5.74, 6) is -2.65. The van der Waals surface area contributed by atoms with Crippen molar-refractivity contribution in [2.24, 2.45) is 17.6 Å². The van der Waals surface area contributed by atoms with E-state index >= 15 is 0 Å². The van der Waals surface area contributed by atoms with Crippen LogP contribution in [-0.4, -0.2) is 55.7 Å². The van der Waals surface area contributed by atoms with Crippen molar-refractivity contribution in [2.75, 3.05) is 7.11 Å². The number of sulfonamides is 1. The molecule has 0 fully saturated rings. The van der Waals surface area contributed by atoms with E-state index in [1.165, 1.54) is 45.0 Å². The van der Waals surface area contributed by atoms with Gasteiger partial charge in [-0.3, -0.25) is 14.4 Å². The van der Waals surface area contributed by atoms with Crippen molar-refractivity contribution < 1.29 is 27.5 Å². The molecule has 32 heavy (non-hydrogen) atoms. The van der Waals surface area contributed by atoms with Crippen LogP contribution in [-0.2, 0) is 29.1 Å². The van der Waals surface area contributed by atoms with Crippen molar-refractivity contribution in [1.29, 1.82) is 0 Å². The van der Waals surface area contributed by atoms with Crippen LogP contribution in [0.1, 0.15) is 34.6 Å². The van der Waals surface area contributed by atoms with Crippen molar-refractivity contribution in [3.63, 3.8) is 0 Å². The van der Waals surface area contributed by atoms with Gasteiger partial charge in [0.25, 0.3) is 0 Å². The molecule has 2 unspecified atom stereocenters. The second kappa shape index (κ2) is 11.1. The smallest absolute Gasteiger partial charge is 0.324 e. The number of esters is 1. The summed E-state index contributed by atoms with van der Waals surface area (Å²) in [6.45, 7) is 7.97. The van der Waals surface area contributed by atoms with E-state index in [4.69, 9.17) is 18.0 Å². The number of carbonyl (C=O) groups excluding carboxylic acids is 3. The van der Waals surface area contributed by atoms with Crippen molar-refractivity contribution in [3.05, 3.63) is 30.3 Å². The monoisotopic (exact) mass is 485 g/mol. The number of nitrogens with one attached hydrogen (secondary N) is 2. The van der Waals surface area contributed by atoms with Crippen molar-refractivity contribution in [1.82, 2.24) is 10.0 Å². The van der Waals surface area contributed by atoms with Gasteiger partial charge in [-0.25, -0.2) is 8.42 Å². The van der Waals surface area contributed by atoms with E-state index < -0.39 is 45.3 Å². The quantitative estimate of drug-likeness (QED) is 0.308. The number of ketones is 2. The molecule has 11 heteroatoms. The number of Topliss-reactive ketones (excluding diaryl/α,β-unsaturated/α-hetero) is 2. The minimum atomic E-state index is -4.20. The van der Waals surface area contributed by atoms with Crippen LogP contribution in [0.25, 0.3) is 0 Å². The number of ether oxygens (including phenoxy) is 1. The number of hydrogen-bond donors (Lipinski definition) is 3. The summed E-state index contributed by atoms with van der Waals surface area (Å²) in [5.41, 5.74) is 4.44. The molecule has 0 saturated carbocycles. The molecule has 0 radical (unpaired) electrons. The van der Waals surface area contributed by atoms with E-state index in [1.54, 1.807) is 6.07 Å². The zero-order valence-electron chi connectivity index (χ0n) is 19.0. The van der Waals surface area contributed by atoms with Gasteiger partial charge in [0.1, 0.15) is 17.9 Å². The van der Waals surface area contributed by atoms with Gasteiger partial charge in [-0.05, 0) is 38.8 Å². The summed E-state index contributed by atoms with van der Waals surface area (Å²) in [6, 6.07) is 4.07. The molecule has 0 amide bonds. The summed E-state index contributed by atoms with van der Waals surface area (Å²) in [4.78, 5) is 37.6. The number of nitrogens with two attached hydrogens (primary N) is 1. The largest absolute Gasteiger partial charge is 0.468 e. The third kappa shape index (κ3) is 6.89. The minimum Gasteiger partial charge on any atom is -0.468 e. The van der Waals surface area contributed by atoms with E-state index in [-0.39, 0.29) is 21.6 Å². The van der Waals surface area contributed by atoms with Crippen LogP contribution in [0.5, 0.6) is 0 Å². The summed E-state index contributed by atoms with van der Waals surface area (Å²) in [5, 5.41) is 2.86. The Hall–Kier alpha value is -2.21. The molecule has 0 heterocycles. The lowest BCUT2D eigenvalue weighted by Crippen LogP contribution is -2.64. The average Bonchev–Trinajstić information content (AvgIpc) is 2.70.